The second-order valence-corrected chi connectivity index (χ2v) is 9.63. The molecule has 2 amide bonds. The molecule has 142 valence electrons. The Morgan fingerprint density at radius 2 is 1.48 bits per heavy atom. The predicted molar refractivity (Wildman–Crippen MR) is 100 cm³/mol. The molecule has 2 aliphatic heterocycles. The summed E-state index contributed by atoms with van der Waals surface area (Å²) >= 11 is 2.08. The Balaban J connectivity index is 1.24. The molecule has 4 fully saturated rings. The largest absolute Gasteiger partial charge is 0.372 e. The second kappa shape index (κ2) is 8.49. The number of fused-ring (bicyclic) bond motifs is 1. The molecule has 0 radical (unpaired) electrons. The van der Waals surface area contributed by atoms with Gasteiger partial charge < -0.3 is 20.1 Å². The Kier molecular flexibility index (Phi) is 6.09. The van der Waals surface area contributed by atoms with E-state index >= 15 is 0 Å². The normalized spacial score (nSPS) is 37.0. The van der Waals surface area contributed by atoms with Crippen LogP contribution < -0.4 is 10.6 Å². The summed E-state index contributed by atoms with van der Waals surface area (Å²) < 4.78 is 12.1. The zero-order chi connectivity index (χ0) is 17.1. The number of ether oxygens (including phenoxy) is 2. The van der Waals surface area contributed by atoms with Crippen molar-refractivity contribution in [2.24, 2.45) is 0 Å². The van der Waals surface area contributed by atoms with Gasteiger partial charge in [0.1, 0.15) is 6.10 Å². The molecular formula is C19H32N2O3S. The van der Waals surface area contributed by atoms with Crippen LogP contribution in [0.5, 0.6) is 0 Å². The lowest BCUT2D eigenvalue weighted by Crippen LogP contribution is -2.51. The van der Waals surface area contributed by atoms with Crippen LogP contribution in [0.25, 0.3) is 0 Å². The van der Waals surface area contributed by atoms with Crippen LogP contribution in [0.1, 0.15) is 64.2 Å². The molecule has 0 unspecified atom stereocenters. The van der Waals surface area contributed by atoms with Gasteiger partial charge in [0.05, 0.1) is 30.6 Å². The molecule has 0 aromatic carbocycles. The average molecular weight is 369 g/mol. The van der Waals surface area contributed by atoms with Crippen molar-refractivity contribution in [3.63, 3.8) is 0 Å². The average Bonchev–Trinajstić information content (AvgIpc) is 3.21. The van der Waals surface area contributed by atoms with Crippen LogP contribution in [0.15, 0.2) is 0 Å². The van der Waals surface area contributed by atoms with Gasteiger partial charge in [-0.1, -0.05) is 38.5 Å². The summed E-state index contributed by atoms with van der Waals surface area (Å²) in [5.74, 6) is 0. The van der Waals surface area contributed by atoms with Gasteiger partial charge in [0.25, 0.3) is 0 Å². The van der Waals surface area contributed by atoms with Crippen molar-refractivity contribution in [1.82, 2.24) is 10.6 Å². The van der Waals surface area contributed by atoms with Crippen molar-refractivity contribution in [3.05, 3.63) is 0 Å². The summed E-state index contributed by atoms with van der Waals surface area (Å²) in [4.78, 5) is 12.3. The van der Waals surface area contributed by atoms with Gasteiger partial charge in [-0.05, 0) is 25.7 Å². The minimum absolute atomic E-state index is 0.00875. The molecule has 2 heterocycles. The standard InChI is InChI=1S/C19H32N2O3S/c22-19(20-13-7-3-1-4-8-13)21-15-11-23-18-16(12-24-17(15)18)25-14-9-5-2-6-10-14/h13-18H,1-12H2,(H2,20,21,22)/t15-,16-,17+,18+/m0/s1. The van der Waals surface area contributed by atoms with Crippen LogP contribution in [0.3, 0.4) is 0 Å². The van der Waals surface area contributed by atoms with Crippen LogP contribution in [0.2, 0.25) is 0 Å². The zero-order valence-corrected chi connectivity index (χ0v) is 15.9. The number of rotatable bonds is 4. The van der Waals surface area contributed by atoms with Gasteiger partial charge in [0, 0.05) is 11.3 Å². The van der Waals surface area contributed by atoms with E-state index < -0.39 is 0 Å². The highest BCUT2D eigenvalue weighted by atomic mass is 32.2. The van der Waals surface area contributed by atoms with Gasteiger partial charge in [0.2, 0.25) is 0 Å². The maximum absolute atomic E-state index is 12.3. The Hall–Kier alpha value is -0.460. The molecule has 0 bridgehead atoms. The Morgan fingerprint density at radius 1 is 0.800 bits per heavy atom. The highest BCUT2D eigenvalue weighted by Crippen LogP contribution is 2.39. The van der Waals surface area contributed by atoms with E-state index in [0.29, 0.717) is 17.9 Å². The van der Waals surface area contributed by atoms with Crippen molar-refractivity contribution in [2.45, 2.75) is 99.0 Å². The summed E-state index contributed by atoms with van der Waals surface area (Å²) in [6.07, 6.45) is 12.9. The van der Waals surface area contributed by atoms with Gasteiger partial charge in [-0.25, -0.2) is 4.79 Å². The Labute approximate surface area is 155 Å². The topological polar surface area (TPSA) is 59.6 Å². The fraction of sp³-hybridized carbons (Fsp3) is 0.947. The third-order valence-corrected chi connectivity index (χ3v) is 7.79. The van der Waals surface area contributed by atoms with Crippen LogP contribution in [-0.2, 0) is 9.47 Å². The van der Waals surface area contributed by atoms with Gasteiger partial charge >= 0.3 is 6.03 Å². The van der Waals surface area contributed by atoms with E-state index in [1.165, 1.54) is 51.4 Å². The molecule has 2 N–H and O–H groups in total. The molecule has 6 heteroatoms. The third-order valence-electron chi connectivity index (χ3n) is 6.18. The fourth-order valence-electron chi connectivity index (χ4n) is 4.80. The number of nitrogens with one attached hydrogen (secondary N) is 2. The van der Waals surface area contributed by atoms with E-state index in [0.717, 1.165) is 24.7 Å². The molecule has 4 atom stereocenters. The highest BCUT2D eigenvalue weighted by molar-refractivity contribution is 8.00. The fourth-order valence-corrected chi connectivity index (χ4v) is 6.44. The number of hydrogen-bond donors (Lipinski definition) is 2. The van der Waals surface area contributed by atoms with E-state index in [2.05, 4.69) is 22.4 Å². The van der Waals surface area contributed by atoms with Crippen molar-refractivity contribution >= 4 is 17.8 Å². The number of thioether (sulfide) groups is 1. The minimum Gasteiger partial charge on any atom is -0.372 e. The molecule has 5 nitrogen and oxygen atoms in total. The lowest BCUT2D eigenvalue weighted by atomic mass is 9.96. The number of hydrogen-bond acceptors (Lipinski definition) is 4. The van der Waals surface area contributed by atoms with Crippen molar-refractivity contribution < 1.29 is 14.3 Å². The van der Waals surface area contributed by atoms with E-state index in [9.17, 15) is 4.79 Å². The quantitative estimate of drug-likeness (QED) is 0.800. The van der Waals surface area contributed by atoms with E-state index in [1.807, 2.05) is 0 Å². The van der Waals surface area contributed by atoms with Crippen LogP contribution in [0.4, 0.5) is 4.79 Å². The molecule has 2 saturated heterocycles. The highest BCUT2D eigenvalue weighted by Gasteiger charge is 2.49. The molecule has 0 aromatic heterocycles. The summed E-state index contributed by atoms with van der Waals surface area (Å²) in [5, 5.41) is 7.45. The minimum atomic E-state index is -0.0480. The van der Waals surface area contributed by atoms with E-state index in [4.69, 9.17) is 9.47 Å². The lowest BCUT2D eigenvalue weighted by Gasteiger charge is -2.25. The second-order valence-electron chi connectivity index (χ2n) is 8.09. The predicted octanol–water partition coefficient (Wildman–Crippen LogP) is 3.22. The number of carbonyl (C=O) groups excluding carboxylic acids is 1. The maximum atomic E-state index is 12.3. The zero-order valence-electron chi connectivity index (χ0n) is 15.1. The first-order valence-corrected chi connectivity index (χ1v) is 11.2. The van der Waals surface area contributed by atoms with E-state index in [1.54, 1.807) is 0 Å². The molecule has 4 aliphatic rings. The summed E-state index contributed by atoms with van der Waals surface area (Å²) in [5.41, 5.74) is 0. The van der Waals surface area contributed by atoms with Gasteiger partial charge in [-0.15, -0.1) is 11.8 Å². The summed E-state index contributed by atoms with van der Waals surface area (Å²) in [7, 11) is 0. The van der Waals surface area contributed by atoms with Crippen molar-refractivity contribution in [1.29, 1.82) is 0 Å². The van der Waals surface area contributed by atoms with E-state index in [-0.39, 0.29) is 24.3 Å². The van der Waals surface area contributed by atoms with Gasteiger partial charge in [-0.3, -0.25) is 0 Å². The molecule has 0 aromatic rings. The SMILES string of the molecule is O=C(NC1CCCCC1)N[C@H]1CO[C@H]2[C@@H]1OC[C@@H]2SC1CCCCC1. The van der Waals surface area contributed by atoms with Crippen molar-refractivity contribution in [2.75, 3.05) is 13.2 Å². The summed E-state index contributed by atoms with van der Waals surface area (Å²) in [6.45, 7) is 1.34. The molecule has 0 spiro atoms. The molecule has 2 aliphatic carbocycles. The number of amides is 2. The first-order chi connectivity index (χ1) is 12.3. The lowest BCUT2D eigenvalue weighted by molar-refractivity contribution is 0.0693. The Bertz CT molecular complexity index is 452. The first-order valence-electron chi connectivity index (χ1n) is 10.3. The molecular weight excluding hydrogens is 336 g/mol. The van der Waals surface area contributed by atoms with Gasteiger partial charge in [-0.2, -0.15) is 0 Å². The summed E-state index contributed by atoms with van der Waals surface area (Å²) in [6, 6.07) is 0.282. The molecule has 2 saturated carbocycles. The third kappa shape index (κ3) is 4.45. The molecule has 4 rings (SSSR count). The van der Waals surface area contributed by atoms with Crippen LogP contribution >= 0.6 is 11.8 Å². The Morgan fingerprint density at radius 3 is 2.24 bits per heavy atom. The molecule has 25 heavy (non-hydrogen) atoms. The monoisotopic (exact) mass is 368 g/mol. The maximum Gasteiger partial charge on any atom is 0.315 e. The van der Waals surface area contributed by atoms with Crippen molar-refractivity contribution in [3.8, 4) is 0 Å². The number of carbonyl (C=O) groups is 1. The van der Waals surface area contributed by atoms with Crippen LogP contribution in [-0.4, -0.2) is 54.0 Å². The smallest absolute Gasteiger partial charge is 0.315 e. The van der Waals surface area contributed by atoms with Crippen LogP contribution in [0, 0.1) is 0 Å². The number of urea groups is 1. The van der Waals surface area contributed by atoms with Gasteiger partial charge in [0.15, 0.2) is 0 Å². The first kappa shape index (κ1) is 17.9.